The molecule has 1 unspecified atom stereocenters. The van der Waals surface area contributed by atoms with Crippen molar-refractivity contribution in [1.29, 1.82) is 0 Å². The van der Waals surface area contributed by atoms with Gasteiger partial charge in [0.15, 0.2) is 0 Å². The molecule has 102 valence electrons. The number of fused-ring (bicyclic) bond motifs is 3. The molecular weight excluding hydrogens is 240 g/mol. The zero-order chi connectivity index (χ0) is 13.1. The van der Waals surface area contributed by atoms with Crippen LogP contribution in [0.2, 0.25) is 0 Å². The van der Waals surface area contributed by atoms with Crippen molar-refractivity contribution in [2.75, 3.05) is 44.6 Å². The van der Waals surface area contributed by atoms with Gasteiger partial charge in [-0.2, -0.15) is 0 Å². The number of piperazine rings is 3. The predicted molar refractivity (Wildman–Crippen MR) is 75.3 cm³/mol. The Hall–Kier alpha value is -1.59. The van der Waals surface area contributed by atoms with Crippen LogP contribution in [0, 0.1) is 0 Å². The highest BCUT2D eigenvalue weighted by molar-refractivity contribution is 5.89. The summed E-state index contributed by atoms with van der Waals surface area (Å²) in [6, 6.07) is 9.87. The maximum absolute atomic E-state index is 11.8. The van der Waals surface area contributed by atoms with Crippen LogP contribution < -0.4 is 10.6 Å². The van der Waals surface area contributed by atoms with E-state index in [1.54, 1.807) is 0 Å². The average molecular weight is 260 g/mol. The first-order chi connectivity index (χ1) is 9.31. The minimum absolute atomic E-state index is 0.121. The second-order valence-corrected chi connectivity index (χ2v) is 5.19. The van der Waals surface area contributed by atoms with Gasteiger partial charge in [0.25, 0.3) is 0 Å². The summed E-state index contributed by atoms with van der Waals surface area (Å²) in [5, 5.41) is 5.81. The van der Waals surface area contributed by atoms with Crippen LogP contribution >= 0.6 is 0 Å². The van der Waals surface area contributed by atoms with Crippen LogP contribution in [0.5, 0.6) is 0 Å². The molecular formula is C14H20N4O. The molecule has 2 N–H and O–H groups in total. The highest BCUT2D eigenvalue weighted by Gasteiger charge is 2.31. The smallest absolute Gasteiger partial charge is 0.319 e. The predicted octanol–water partition coefficient (Wildman–Crippen LogP) is 0.808. The van der Waals surface area contributed by atoms with Crippen LogP contribution in [-0.4, -0.2) is 61.1 Å². The first-order valence-corrected chi connectivity index (χ1v) is 6.87. The van der Waals surface area contributed by atoms with Crippen molar-refractivity contribution < 1.29 is 4.79 Å². The monoisotopic (exact) mass is 260 g/mol. The minimum atomic E-state index is -0.121. The normalized spacial score (nSPS) is 28.9. The molecule has 3 heterocycles. The molecule has 5 nitrogen and oxygen atoms in total. The Morgan fingerprint density at radius 2 is 1.89 bits per heavy atom. The Bertz CT molecular complexity index is 428. The van der Waals surface area contributed by atoms with E-state index in [9.17, 15) is 4.79 Å². The van der Waals surface area contributed by atoms with Crippen molar-refractivity contribution in [3.05, 3.63) is 30.3 Å². The van der Waals surface area contributed by atoms with Gasteiger partial charge in [-0.05, 0) is 12.1 Å². The van der Waals surface area contributed by atoms with Gasteiger partial charge in [-0.15, -0.1) is 0 Å². The van der Waals surface area contributed by atoms with Crippen molar-refractivity contribution in [3.8, 4) is 0 Å². The number of rotatable bonds is 3. The number of carbonyl (C=O) groups is 1. The molecule has 2 amide bonds. The number of hydrogen-bond donors (Lipinski definition) is 2. The fourth-order valence-electron chi connectivity index (χ4n) is 2.83. The van der Waals surface area contributed by atoms with Gasteiger partial charge in [-0.1, -0.05) is 18.2 Å². The number of nitrogens with one attached hydrogen (secondary N) is 2. The van der Waals surface area contributed by atoms with E-state index in [2.05, 4.69) is 20.4 Å². The second kappa shape index (κ2) is 5.59. The fourth-order valence-corrected chi connectivity index (χ4v) is 2.83. The zero-order valence-corrected chi connectivity index (χ0v) is 11.0. The number of amides is 2. The average Bonchev–Trinajstić information content (AvgIpc) is 2.47. The Morgan fingerprint density at radius 1 is 1.16 bits per heavy atom. The Labute approximate surface area is 113 Å². The van der Waals surface area contributed by atoms with E-state index in [4.69, 9.17) is 0 Å². The first-order valence-electron chi connectivity index (χ1n) is 6.87. The van der Waals surface area contributed by atoms with Gasteiger partial charge in [-0.3, -0.25) is 9.80 Å². The molecule has 1 atom stereocenters. The second-order valence-electron chi connectivity index (χ2n) is 5.19. The summed E-state index contributed by atoms with van der Waals surface area (Å²) in [5.74, 6) is 0. The largest absolute Gasteiger partial charge is 0.336 e. The van der Waals surface area contributed by atoms with Gasteiger partial charge in [0.2, 0.25) is 0 Å². The lowest BCUT2D eigenvalue weighted by molar-refractivity contribution is 0.0149. The maximum atomic E-state index is 11.8. The van der Waals surface area contributed by atoms with Gasteiger partial charge >= 0.3 is 6.03 Å². The molecule has 0 spiro atoms. The van der Waals surface area contributed by atoms with E-state index in [0.717, 1.165) is 31.9 Å². The number of carbonyl (C=O) groups excluding carboxylic acids is 1. The molecule has 0 aliphatic carbocycles. The van der Waals surface area contributed by atoms with Crippen molar-refractivity contribution in [1.82, 2.24) is 15.1 Å². The molecule has 4 rings (SSSR count). The fraction of sp³-hybridized carbons (Fsp3) is 0.500. The van der Waals surface area contributed by atoms with E-state index in [1.165, 1.54) is 13.1 Å². The van der Waals surface area contributed by atoms with E-state index in [0.29, 0.717) is 6.04 Å². The summed E-state index contributed by atoms with van der Waals surface area (Å²) < 4.78 is 0. The van der Waals surface area contributed by atoms with Crippen molar-refractivity contribution >= 4 is 11.7 Å². The lowest BCUT2D eigenvalue weighted by Crippen LogP contribution is -2.63. The molecule has 0 aromatic heterocycles. The number of benzene rings is 1. The van der Waals surface area contributed by atoms with Gasteiger partial charge in [0.05, 0.1) is 0 Å². The Morgan fingerprint density at radius 3 is 2.53 bits per heavy atom. The molecule has 0 saturated carbocycles. The SMILES string of the molecule is O=C(NCC1CN2CCN1CC2)Nc1ccccc1. The lowest BCUT2D eigenvalue weighted by atomic mass is 10.1. The van der Waals surface area contributed by atoms with Gasteiger partial charge in [0, 0.05) is 51.0 Å². The summed E-state index contributed by atoms with van der Waals surface area (Å²) in [4.78, 5) is 16.8. The van der Waals surface area contributed by atoms with E-state index in [-0.39, 0.29) is 6.03 Å². The molecule has 2 bridgehead atoms. The number of nitrogens with zero attached hydrogens (tertiary/aromatic N) is 2. The number of anilines is 1. The topological polar surface area (TPSA) is 47.6 Å². The minimum Gasteiger partial charge on any atom is -0.336 e. The van der Waals surface area contributed by atoms with Crippen molar-refractivity contribution in [3.63, 3.8) is 0 Å². The summed E-state index contributed by atoms with van der Waals surface area (Å²) in [6.45, 7) is 6.40. The molecule has 5 heteroatoms. The van der Waals surface area contributed by atoms with Crippen LogP contribution in [-0.2, 0) is 0 Å². The van der Waals surface area contributed by atoms with Gasteiger partial charge in [0.1, 0.15) is 0 Å². The Kier molecular flexibility index (Phi) is 3.66. The summed E-state index contributed by atoms with van der Waals surface area (Å²) in [5.41, 5.74) is 0.828. The zero-order valence-electron chi connectivity index (χ0n) is 11.0. The summed E-state index contributed by atoms with van der Waals surface area (Å²) in [6.07, 6.45) is 0. The molecule has 3 fully saturated rings. The number of hydrogen-bond acceptors (Lipinski definition) is 3. The van der Waals surface area contributed by atoms with E-state index >= 15 is 0 Å². The number of para-hydroxylation sites is 1. The molecule has 19 heavy (non-hydrogen) atoms. The highest BCUT2D eigenvalue weighted by atomic mass is 16.2. The van der Waals surface area contributed by atoms with Crippen molar-refractivity contribution in [2.45, 2.75) is 6.04 Å². The van der Waals surface area contributed by atoms with Gasteiger partial charge in [-0.25, -0.2) is 4.79 Å². The lowest BCUT2D eigenvalue weighted by Gasteiger charge is -2.47. The quantitative estimate of drug-likeness (QED) is 0.845. The summed E-state index contributed by atoms with van der Waals surface area (Å²) >= 11 is 0. The molecule has 1 aromatic rings. The standard InChI is InChI=1S/C14H20N4O/c19-14(16-12-4-2-1-3-5-12)15-10-13-11-17-6-8-18(13)9-7-17/h1-5,13H,6-11H2,(H2,15,16,19). The third-order valence-corrected chi connectivity index (χ3v) is 3.92. The van der Waals surface area contributed by atoms with E-state index in [1.807, 2.05) is 30.3 Å². The van der Waals surface area contributed by atoms with Crippen molar-refractivity contribution in [2.24, 2.45) is 0 Å². The van der Waals surface area contributed by atoms with Crippen LogP contribution in [0.1, 0.15) is 0 Å². The van der Waals surface area contributed by atoms with Crippen LogP contribution in [0.15, 0.2) is 30.3 Å². The molecule has 3 aliphatic rings. The van der Waals surface area contributed by atoms with Crippen LogP contribution in [0.4, 0.5) is 10.5 Å². The van der Waals surface area contributed by atoms with Crippen LogP contribution in [0.3, 0.4) is 0 Å². The third-order valence-electron chi connectivity index (χ3n) is 3.92. The highest BCUT2D eigenvalue weighted by Crippen LogP contribution is 2.14. The Balaban J connectivity index is 1.46. The molecule has 1 aromatic carbocycles. The van der Waals surface area contributed by atoms with E-state index < -0.39 is 0 Å². The number of urea groups is 1. The molecule has 0 radical (unpaired) electrons. The molecule has 3 aliphatic heterocycles. The van der Waals surface area contributed by atoms with Crippen LogP contribution in [0.25, 0.3) is 0 Å². The summed E-state index contributed by atoms with van der Waals surface area (Å²) in [7, 11) is 0. The maximum Gasteiger partial charge on any atom is 0.319 e. The first kappa shape index (κ1) is 12.4. The van der Waals surface area contributed by atoms with Gasteiger partial charge < -0.3 is 10.6 Å². The molecule has 3 saturated heterocycles. The third kappa shape index (κ3) is 3.05.